The maximum Gasteiger partial charge on any atom is 0.278 e. The summed E-state index contributed by atoms with van der Waals surface area (Å²) in [5.74, 6) is -0.0772. The van der Waals surface area contributed by atoms with E-state index in [1.165, 1.54) is 4.90 Å². The van der Waals surface area contributed by atoms with Crippen molar-refractivity contribution in [1.29, 1.82) is 0 Å². The topological polar surface area (TPSA) is 86.1 Å². The molecule has 30 heavy (non-hydrogen) atoms. The second-order valence-corrected chi connectivity index (χ2v) is 7.89. The van der Waals surface area contributed by atoms with Gasteiger partial charge in [0.1, 0.15) is 5.75 Å². The van der Waals surface area contributed by atoms with E-state index in [0.29, 0.717) is 0 Å². The third-order valence-electron chi connectivity index (χ3n) is 5.80. The number of aryl methyl sites for hydroxylation is 2. The van der Waals surface area contributed by atoms with Crippen molar-refractivity contribution in [2.24, 2.45) is 0 Å². The van der Waals surface area contributed by atoms with E-state index in [4.69, 9.17) is 0 Å². The molecule has 0 spiro atoms. The van der Waals surface area contributed by atoms with Crippen molar-refractivity contribution in [3.05, 3.63) is 53.6 Å². The average Bonchev–Trinajstić information content (AvgIpc) is 2.75. The molecular formula is C23H31N4O3+. The van der Waals surface area contributed by atoms with Crippen LogP contribution in [-0.4, -0.2) is 55.7 Å². The van der Waals surface area contributed by atoms with Crippen LogP contribution in [0, 0.1) is 13.8 Å². The first kappa shape index (κ1) is 21.6. The quantitative estimate of drug-likeness (QED) is 0.568. The molecule has 7 heteroatoms. The molecule has 1 saturated heterocycles. The predicted molar refractivity (Wildman–Crippen MR) is 118 cm³/mol. The minimum Gasteiger partial charge on any atom is -0.506 e. The third kappa shape index (κ3) is 5.10. The van der Waals surface area contributed by atoms with Crippen molar-refractivity contribution in [1.82, 2.24) is 5.32 Å². The zero-order chi connectivity index (χ0) is 21.7. The molecule has 1 heterocycles. The number of phenols is 1. The molecule has 0 aromatic heterocycles. The lowest BCUT2D eigenvalue weighted by Crippen LogP contribution is -3.19. The van der Waals surface area contributed by atoms with Gasteiger partial charge < -0.3 is 25.5 Å². The Labute approximate surface area is 177 Å². The van der Waals surface area contributed by atoms with E-state index in [2.05, 4.69) is 15.5 Å². The number of hydrogen-bond acceptors (Lipinski definition) is 4. The van der Waals surface area contributed by atoms with Crippen LogP contribution in [0.5, 0.6) is 5.75 Å². The van der Waals surface area contributed by atoms with Crippen molar-refractivity contribution in [2.75, 3.05) is 42.9 Å². The zero-order valence-electron chi connectivity index (χ0n) is 17.9. The number of anilines is 2. The van der Waals surface area contributed by atoms with Gasteiger partial charge in [-0.2, -0.15) is 0 Å². The third-order valence-corrected chi connectivity index (χ3v) is 5.80. The number of nitrogens with one attached hydrogen (secondary N) is 3. The largest absolute Gasteiger partial charge is 0.506 e. The van der Waals surface area contributed by atoms with Crippen LogP contribution in [0.15, 0.2) is 42.5 Å². The zero-order valence-corrected chi connectivity index (χ0v) is 17.9. The molecule has 1 atom stereocenters. The Hall–Kier alpha value is -3.06. The molecule has 160 valence electrons. The van der Waals surface area contributed by atoms with E-state index in [1.54, 1.807) is 6.07 Å². The number of benzene rings is 2. The fourth-order valence-corrected chi connectivity index (χ4v) is 3.90. The molecule has 0 aliphatic carbocycles. The Bertz CT molecular complexity index is 887. The maximum atomic E-state index is 12.6. The summed E-state index contributed by atoms with van der Waals surface area (Å²) >= 11 is 0. The Morgan fingerprint density at radius 2 is 1.70 bits per heavy atom. The molecule has 0 unspecified atom stereocenters. The van der Waals surface area contributed by atoms with Crippen LogP contribution >= 0.6 is 0 Å². The summed E-state index contributed by atoms with van der Waals surface area (Å²) in [6, 6.07) is 12.9. The SMILES string of the molecule is Cc1cccc(C)c1NC(=O)CNC(=O)[C@H](C)[NH+]1CCN(c2ccccc2O)CC1. The number of phenolic OH excluding ortho intramolecular Hbond substituents is 1. The van der Waals surface area contributed by atoms with Crippen molar-refractivity contribution >= 4 is 23.2 Å². The lowest BCUT2D eigenvalue weighted by molar-refractivity contribution is -0.914. The number of amides is 2. The first-order valence-electron chi connectivity index (χ1n) is 10.4. The minimum atomic E-state index is -0.246. The van der Waals surface area contributed by atoms with Gasteiger partial charge >= 0.3 is 0 Å². The van der Waals surface area contributed by atoms with Crippen LogP contribution in [-0.2, 0) is 9.59 Å². The predicted octanol–water partition coefficient (Wildman–Crippen LogP) is 0.857. The van der Waals surface area contributed by atoms with Gasteiger partial charge in [0, 0.05) is 5.69 Å². The summed E-state index contributed by atoms with van der Waals surface area (Å²) in [4.78, 5) is 28.2. The normalized spacial score (nSPS) is 15.5. The number of carbonyl (C=O) groups is 2. The van der Waals surface area contributed by atoms with Crippen LogP contribution < -0.4 is 20.4 Å². The van der Waals surface area contributed by atoms with Crippen LogP contribution in [0.1, 0.15) is 18.1 Å². The highest BCUT2D eigenvalue weighted by atomic mass is 16.3. The van der Waals surface area contributed by atoms with Gasteiger partial charge in [0.15, 0.2) is 6.04 Å². The van der Waals surface area contributed by atoms with Crippen molar-refractivity contribution in [3.63, 3.8) is 0 Å². The Kier molecular flexibility index (Phi) is 6.95. The number of carbonyl (C=O) groups excluding carboxylic acids is 2. The van der Waals surface area contributed by atoms with Gasteiger partial charge in [-0.15, -0.1) is 0 Å². The molecule has 3 rings (SSSR count). The molecule has 2 aromatic rings. The van der Waals surface area contributed by atoms with Gasteiger partial charge in [-0.25, -0.2) is 0 Å². The lowest BCUT2D eigenvalue weighted by atomic mass is 10.1. The summed E-state index contributed by atoms with van der Waals surface area (Å²) in [7, 11) is 0. The minimum absolute atomic E-state index is 0.0474. The summed E-state index contributed by atoms with van der Waals surface area (Å²) in [6.07, 6.45) is 0. The molecule has 4 N–H and O–H groups in total. The van der Waals surface area contributed by atoms with E-state index < -0.39 is 0 Å². The number of hydrogen-bond donors (Lipinski definition) is 4. The molecule has 1 fully saturated rings. The van der Waals surface area contributed by atoms with Crippen LogP contribution in [0.4, 0.5) is 11.4 Å². The summed E-state index contributed by atoms with van der Waals surface area (Å²) in [5, 5.41) is 15.7. The monoisotopic (exact) mass is 411 g/mol. The lowest BCUT2D eigenvalue weighted by Gasteiger charge is -2.36. The Morgan fingerprint density at radius 3 is 2.33 bits per heavy atom. The number of piperazine rings is 1. The highest BCUT2D eigenvalue weighted by molar-refractivity contribution is 5.96. The standard InChI is InChI=1S/C23H30N4O3/c1-16-7-6-8-17(2)22(16)25-21(29)15-24-23(30)18(3)26-11-13-27(14-12-26)19-9-4-5-10-20(19)28/h4-10,18,28H,11-15H2,1-3H3,(H,24,30)(H,25,29)/p+1/t18-/m0/s1. The average molecular weight is 412 g/mol. The van der Waals surface area contributed by atoms with Crippen LogP contribution in [0.2, 0.25) is 0 Å². The smallest absolute Gasteiger partial charge is 0.278 e. The fraction of sp³-hybridized carbons (Fsp3) is 0.391. The van der Waals surface area contributed by atoms with Crippen LogP contribution in [0.25, 0.3) is 0 Å². The van der Waals surface area contributed by atoms with E-state index in [9.17, 15) is 14.7 Å². The van der Waals surface area contributed by atoms with E-state index in [0.717, 1.165) is 48.7 Å². The van der Waals surface area contributed by atoms with Gasteiger partial charge in [0.25, 0.3) is 5.91 Å². The van der Waals surface area contributed by atoms with E-state index >= 15 is 0 Å². The Morgan fingerprint density at radius 1 is 1.07 bits per heavy atom. The van der Waals surface area contributed by atoms with E-state index in [-0.39, 0.29) is 30.2 Å². The van der Waals surface area contributed by atoms with Gasteiger partial charge in [0.2, 0.25) is 5.91 Å². The summed E-state index contributed by atoms with van der Waals surface area (Å²) in [6.45, 7) is 8.84. The molecule has 1 aliphatic heterocycles. The van der Waals surface area contributed by atoms with Crippen molar-refractivity contribution < 1.29 is 19.6 Å². The molecule has 2 amide bonds. The number of rotatable bonds is 6. The van der Waals surface area contributed by atoms with Gasteiger partial charge in [-0.3, -0.25) is 9.59 Å². The number of para-hydroxylation sites is 3. The first-order chi connectivity index (χ1) is 14.4. The summed E-state index contributed by atoms with van der Waals surface area (Å²) < 4.78 is 0. The molecule has 0 radical (unpaired) electrons. The molecule has 7 nitrogen and oxygen atoms in total. The molecule has 0 bridgehead atoms. The molecule has 0 saturated carbocycles. The number of quaternary nitrogens is 1. The molecular weight excluding hydrogens is 380 g/mol. The first-order valence-corrected chi connectivity index (χ1v) is 10.4. The highest BCUT2D eigenvalue weighted by Crippen LogP contribution is 2.26. The van der Waals surface area contributed by atoms with Crippen LogP contribution in [0.3, 0.4) is 0 Å². The molecule has 1 aliphatic rings. The van der Waals surface area contributed by atoms with Crippen molar-refractivity contribution in [3.8, 4) is 5.75 Å². The molecule has 2 aromatic carbocycles. The van der Waals surface area contributed by atoms with Gasteiger partial charge in [-0.05, 0) is 44.0 Å². The highest BCUT2D eigenvalue weighted by Gasteiger charge is 2.30. The number of nitrogens with zero attached hydrogens (tertiary/aromatic N) is 1. The van der Waals surface area contributed by atoms with Crippen molar-refractivity contribution in [2.45, 2.75) is 26.8 Å². The second-order valence-electron chi connectivity index (χ2n) is 7.89. The second kappa shape index (κ2) is 9.63. The Balaban J connectivity index is 1.47. The maximum absolute atomic E-state index is 12.6. The van der Waals surface area contributed by atoms with E-state index in [1.807, 2.05) is 57.2 Å². The van der Waals surface area contributed by atoms with Gasteiger partial charge in [-0.1, -0.05) is 30.3 Å². The fourth-order valence-electron chi connectivity index (χ4n) is 3.90. The summed E-state index contributed by atoms with van der Waals surface area (Å²) in [5.41, 5.74) is 3.62. The number of aromatic hydroxyl groups is 1. The van der Waals surface area contributed by atoms with Gasteiger partial charge in [0.05, 0.1) is 38.4 Å².